The number of fused-ring (bicyclic) bond motifs is 1. The highest BCUT2D eigenvalue weighted by Gasteiger charge is 2.12. The molecule has 1 aromatic rings. The summed E-state index contributed by atoms with van der Waals surface area (Å²) in [6.07, 6.45) is 0. The molecule has 1 heterocycles. The van der Waals surface area contributed by atoms with E-state index >= 15 is 0 Å². The minimum Gasteiger partial charge on any atom is -0.486 e. The Hall–Kier alpha value is -1.76. The van der Waals surface area contributed by atoms with Crippen molar-refractivity contribution >= 4 is 22.5 Å². The second kappa shape index (κ2) is 7.14. The van der Waals surface area contributed by atoms with Crippen LogP contribution in [-0.4, -0.2) is 41.5 Å². The third-order valence-corrected chi connectivity index (χ3v) is 4.04. The maximum Gasteiger partial charge on any atom is 0.319 e. The molecule has 2 N–H and O–H groups in total. The van der Waals surface area contributed by atoms with Gasteiger partial charge in [-0.15, -0.1) is 0 Å². The summed E-state index contributed by atoms with van der Waals surface area (Å²) in [6, 6.07) is 4.90. The van der Waals surface area contributed by atoms with Gasteiger partial charge in [-0.3, -0.25) is 4.21 Å². The summed E-state index contributed by atoms with van der Waals surface area (Å²) >= 11 is 0. The summed E-state index contributed by atoms with van der Waals surface area (Å²) in [5.41, 5.74) is 0.628. The number of amides is 2. The van der Waals surface area contributed by atoms with Gasteiger partial charge in [-0.25, -0.2) is 4.79 Å². The quantitative estimate of drug-likeness (QED) is 0.860. The van der Waals surface area contributed by atoms with Crippen LogP contribution in [0.4, 0.5) is 10.5 Å². The molecule has 2 amide bonds. The van der Waals surface area contributed by atoms with Crippen molar-refractivity contribution in [1.82, 2.24) is 5.32 Å². The van der Waals surface area contributed by atoms with Gasteiger partial charge in [0.25, 0.3) is 0 Å². The average molecular weight is 298 g/mol. The van der Waals surface area contributed by atoms with Gasteiger partial charge < -0.3 is 20.1 Å². The van der Waals surface area contributed by atoms with Crippen LogP contribution in [-0.2, 0) is 10.8 Å². The van der Waals surface area contributed by atoms with E-state index in [9.17, 15) is 9.00 Å². The molecule has 6 nitrogen and oxygen atoms in total. The molecule has 0 aromatic heterocycles. The molecule has 2 rings (SSSR count). The van der Waals surface area contributed by atoms with Crippen molar-refractivity contribution in [1.29, 1.82) is 0 Å². The lowest BCUT2D eigenvalue weighted by Gasteiger charge is -2.19. The van der Waals surface area contributed by atoms with Crippen molar-refractivity contribution in [2.75, 3.05) is 36.6 Å². The molecular formula is C13H18N2O4S. The summed E-state index contributed by atoms with van der Waals surface area (Å²) in [4.78, 5) is 11.7. The maximum atomic E-state index is 11.7. The molecule has 0 aliphatic carbocycles. The molecule has 1 aromatic carbocycles. The first-order valence-electron chi connectivity index (χ1n) is 6.48. The Labute approximate surface area is 120 Å². The fourth-order valence-electron chi connectivity index (χ4n) is 1.72. The molecule has 0 saturated carbocycles. The number of urea groups is 1. The Morgan fingerprint density at radius 3 is 2.80 bits per heavy atom. The Morgan fingerprint density at radius 1 is 1.30 bits per heavy atom. The van der Waals surface area contributed by atoms with Crippen LogP contribution in [0.2, 0.25) is 0 Å². The zero-order valence-corrected chi connectivity index (χ0v) is 12.1. The van der Waals surface area contributed by atoms with Crippen molar-refractivity contribution in [3.63, 3.8) is 0 Å². The van der Waals surface area contributed by atoms with Crippen LogP contribution in [0.15, 0.2) is 18.2 Å². The standard InChI is InChI=1S/C13H18N2O4S/c1-2-20(17)8-5-14-13(16)15-10-3-4-11-12(9-10)19-7-6-18-11/h3-4,9H,2,5-8H2,1H3,(H2,14,15,16)/t20-/m0/s1. The summed E-state index contributed by atoms with van der Waals surface area (Å²) in [7, 11) is -0.871. The molecule has 1 atom stereocenters. The Bertz CT molecular complexity index is 507. The van der Waals surface area contributed by atoms with Gasteiger partial charge in [0.15, 0.2) is 11.5 Å². The first kappa shape index (κ1) is 14.6. The number of ether oxygens (including phenoxy) is 2. The number of hydrogen-bond acceptors (Lipinski definition) is 4. The molecule has 1 aliphatic rings. The third-order valence-electron chi connectivity index (χ3n) is 2.74. The minimum atomic E-state index is -0.871. The van der Waals surface area contributed by atoms with E-state index in [1.54, 1.807) is 18.2 Å². The Kier molecular flexibility index (Phi) is 5.23. The number of carbonyl (C=O) groups excluding carboxylic acids is 1. The lowest BCUT2D eigenvalue weighted by molar-refractivity contribution is 0.171. The van der Waals surface area contributed by atoms with E-state index in [1.165, 1.54) is 0 Å². The van der Waals surface area contributed by atoms with Crippen LogP contribution in [0.5, 0.6) is 11.5 Å². The molecule has 1 aliphatic heterocycles. The lowest BCUT2D eigenvalue weighted by atomic mass is 10.2. The van der Waals surface area contributed by atoms with E-state index in [0.29, 0.717) is 48.5 Å². The van der Waals surface area contributed by atoms with Crippen molar-refractivity contribution in [2.45, 2.75) is 6.92 Å². The molecule has 0 fully saturated rings. The van der Waals surface area contributed by atoms with Crippen molar-refractivity contribution < 1.29 is 18.5 Å². The maximum absolute atomic E-state index is 11.7. The summed E-state index contributed by atoms with van der Waals surface area (Å²) < 4.78 is 22.1. The van der Waals surface area contributed by atoms with E-state index < -0.39 is 10.8 Å². The van der Waals surface area contributed by atoms with E-state index in [0.717, 1.165) is 0 Å². The van der Waals surface area contributed by atoms with Crippen LogP contribution in [0, 0.1) is 0 Å². The largest absolute Gasteiger partial charge is 0.486 e. The number of anilines is 1. The van der Waals surface area contributed by atoms with Crippen molar-refractivity contribution in [2.24, 2.45) is 0 Å². The fourth-order valence-corrected chi connectivity index (χ4v) is 2.34. The summed E-state index contributed by atoms with van der Waals surface area (Å²) in [5.74, 6) is 2.37. The van der Waals surface area contributed by atoms with Gasteiger partial charge in [0.05, 0.1) is 0 Å². The fraction of sp³-hybridized carbons (Fsp3) is 0.462. The smallest absolute Gasteiger partial charge is 0.319 e. The van der Waals surface area contributed by atoms with Gasteiger partial charge in [0.1, 0.15) is 13.2 Å². The molecule has 20 heavy (non-hydrogen) atoms. The summed E-state index contributed by atoms with van der Waals surface area (Å²) in [6.45, 7) is 3.28. The SMILES string of the molecule is CC[S@](=O)CCNC(=O)Nc1ccc2c(c1)OCCO2. The number of hydrogen-bond donors (Lipinski definition) is 2. The van der Waals surface area contributed by atoms with Gasteiger partial charge in [-0.1, -0.05) is 6.92 Å². The minimum absolute atomic E-state index is 0.324. The lowest BCUT2D eigenvalue weighted by Crippen LogP contribution is -2.32. The molecule has 0 unspecified atom stereocenters. The second-order valence-corrected chi connectivity index (χ2v) is 6.04. The van der Waals surface area contributed by atoms with Gasteiger partial charge in [-0.2, -0.15) is 0 Å². The van der Waals surface area contributed by atoms with Crippen molar-refractivity contribution in [3.05, 3.63) is 18.2 Å². The van der Waals surface area contributed by atoms with E-state index in [1.807, 2.05) is 6.92 Å². The monoisotopic (exact) mass is 298 g/mol. The van der Waals surface area contributed by atoms with Crippen LogP contribution in [0.3, 0.4) is 0 Å². The molecule has 0 radical (unpaired) electrons. The first-order valence-corrected chi connectivity index (χ1v) is 7.97. The average Bonchev–Trinajstić information content (AvgIpc) is 2.47. The Morgan fingerprint density at radius 2 is 2.05 bits per heavy atom. The molecule has 7 heteroatoms. The molecule has 0 bridgehead atoms. The van der Waals surface area contributed by atoms with Crippen LogP contribution in [0.1, 0.15) is 6.92 Å². The highest BCUT2D eigenvalue weighted by molar-refractivity contribution is 7.84. The van der Waals surface area contributed by atoms with Gasteiger partial charge in [0.2, 0.25) is 0 Å². The van der Waals surface area contributed by atoms with E-state index in [-0.39, 0.29) is 6.03 Å². The highest BCUT2D eigenvalue weighted by Crippen LogP contribution is 2.32. The van der Waals surface area contributed by atoms with E-state index in [4.69, 9.17) is 9.47 Å². The normalized spacial score (nSPS) is 14.4. The van der Waals surface area contributed by atoms with Crippen molar-refractivity contribution in [3.8, 4) is 11.5 Å². The van der Waals surface area contributed by atoms with Gasteiger partial charge in [0, 0.05) is 40.6 Å². The molecule has 0 spiro atoms. The second-order valence-electron chi connectivity index (χ2n) is 4.17. The molecular weight excluding hydrogens is 280 g/mol. The zero-order chi connectivity index (χ0) is 14.4. The topological polar surface area (TPSA) is 76.7 Å². The Balaban J connectivity index is 1.83. The third kappa shape index (κ3) is 4.12. The predicted molar refractivity (Wildman–Crippen MR) is 78.0 cm³/mol. The summed E-state index contributed by atoms with van der Waals surface area (Å²) in [5, 5.41) is 5.36. The van der Waals surface area contributed by atoms with Gasteiger partial charge >= 0.3 is 6.03 Å². The van der Waals surface area contributed by atoms with Crippen LogP contribution in [0.25, 0.3) is 0 Å². The molecule has 110 valence electrons. The van der Waals surface area contributed by atoms with Crippen LogP contribution < -0.4 is 20.1 Å². The number of rotatable bonds is 5. The van der Waals surface area contributed by atoms with Gasteiger partial charge in [-0.05, 0) is 12.1 Å². The predicted octanol–water partition coefficient (Wildman–Crippen LogP) is 1.35. The number of benzene rings is 1. The zero-order valence-electron chi connectivity index (χ0n) is 11.3. The van der Waals surface area contributed by atoms with E-state index in [2.05, 4.69) is 10.6 Å². The molecule has 0 saturated heterocycles. The highest BCUT2D eigenvalue weighted by atomic mass is 32.2. The first-order chi connectivity index (χ1) is 9.69. The van der Waals surface area contributed by atoms with Crippen LogP contribution >= 0.6 is 0 Å². The number of carbonyl (C=O) groups is 1. The number of nitrogens with one attached hydrogen (secondary N) is 2.